The van der Waals surface area contributed by atoms with Crippen LogP contribution in [-0.4, -0.2) is 94.8 Å². The molecule has 65 heavy (non-hydrogen) atoms. The number of nitrogens with zero attached hydrogens (tertiary/aromatic N) is 6. The third-order valence-corrected chi connectivity index (χ3v) is 13.5. The van der Waals surface area contributed by atoms with Crippen LogP contribution in [0.4, 0.5) is 4.39 Å². The lowest BCUT2D eigenvalue weighted by molar-refractivity contribution is -0.151. The highest BCUT2D eigenvalue weighted by Gasteiger charge is 2.30. The lowest BCUT2D eigenvalue weighted by atomic mass is 9.94. The number of ether oxygens (including phenoxy) is 4. The number of aromatic nitrogens is 4. The van der Waals surface area contributed by atoms with Gasteiger partial charge in [0.05, 0.1) is 30.4 Å². The molecule has 4 bridgehead atoms. The van der Waals surface area contributed by atoms with E-state index in [1.54, 1.807) is 32.4 Å². The van der Waals surface area contributed by atoms with Crippen LogP contribution in [0.1, 0.15) is 34.9 Å². The van der Waals surface area contributed by atoms with Gasteiger partial charge in [0.2, 0.25) is 12.0 Å². The molecule has 12 nitrogen and oxygen atoms in total. The SMILES string of the molecule is CCOC(=O)[C@H]1Cc2cc(ccc2OCc2ccnc(-c3ccccc3OC)n2)CN(CCN2CCNCC2)Cc2ccc(c(C)c2Cl)-c2c(-c3ccc(F)cc3)sc3ncnc(c23)O1. The van der Waals surface area contributed by atoms with Crippen LogP contribution in [0.5, 0.6) is 17.4 Å². The predicted octanol–water partition coefficient (Wildman–Crippen LogP) is 8.94. The number of piperazine rings is 1. The normalized spacial score (nSPS) is 15.7. The summed E-state index contributed by atoms with van der Waals surface area (Å²) >= 11 is 8.85. The van der Waals surface area contributed by atoms with Gasteiger partial charge >= 0.3 is 5.97 Å². The number of benzene rings is 4. The van der Waals surface area contributed by atoms with Gasteiger partial charge in [0.15, 0.2) is 5.82 Å². The van der Waals surface area contributed by atoms with Crippen LogP contribution >= 0.6 is 22.9 Å². The van der Waals surface area contributed by atoms with Crippen LogP contribution in [0, 0.1) is 12.7 Å². The van der Waals surface area contributed by atoms with Crippen molar-refractivity contribution >= 4 is 39.1 Å². The molecule has 3 aliphatic rings. The lowest BCUT2D eigenvalue weighted by Gasteiger charge is -2.31. The van der Waals surface area contributed by atoms with E-state index in [9.17, 15) is 9.18 Å². The van der Waals surface area contributed by atoms with Crippen LogP contribution in [0.25, 0.3) is 43.2 Å². The minimum atomic E-state index is -1.13. The van der Waals surface area contributed by atoms with E-state index in [0.29, 0.717) is 51.3 Å². The summed E-state index contributed by atoms with van der Waals surface area (Å²) in [6.07, 6.45) is 2.11. The van der Waals surface area contributed by atoms with E-state index in [-0.39, 0.29) is 31.3 Å². The average Bonchev–Trinajstić information content (AvgIpc) is 3.72. The molecule has 334 valence electrons. The third kappa shape index (κ3) is 9.82. The van der Waals surface area contributed by atoms with Crippen molar-refractivity contribution in [3.05, 3.63) is 136 Å². The number of fused-ring (bicyclic) bond motifs is 6. The van der Waals surface area contributed by atoms with Crippen LogP contribution < -0.4 is 19.5 Å². The van der Waals surface area contributed by atoms with Gasteiger partial charge in [-0.05, 0) is 83.6 Å². The van der Waals surface area contributed by atoms with Crippen LogP contribution in [-0.2, 0) is 35.6 Å². The molecule has 1 N–H and O–H groups in total. The quantitative estimate of drug-likeness (QED) is 0.125. The third-order valence-electron chi connectivity index (χ3n) is 11.8. The molecule has 0 aliphatic carbocycles. The maximum absolute atomic E-state index is 14.3. The Hall–Kier alpha value is -6.03. The minimum Gasteiger partial charge on any atom is -0.496 e. The Kier molecular flexibility index (Phi) is 13.6. The van der Waals surface area contributed by atoms with Gasteiger partial charge in [0.1, 0.15) is 35.1 Å². The topological polar surface area (TPSA) is 124 Å². The maximum Gasteiger partial charge on any atom is 0.347 e. The molecular weight excluding hydrogens is 865 g/mol. The highest BCUT2D eigenvalue weighted by Crippen LogP contribution is 2.49. The number of hydrogen-bond acceptors (Lipinski definition) is 13. The Morgan fingerprint density at radius 2 is 1.74 bits per heavy atom. The largest absolute Gasteiger partial charge is 0.496 e. The number of esters is 1. The summed E-state index contributed by atoms with van der Waals surface area (Å²) in [4.78, 5) is 39.2. The minimum absolute atomic E-state index is 0.105. The average molecular weight is 915 g/mol. The summed E-state index contributed by atoms with van der Waals surface area (Å²) in [7, 11) is 1.62. The van der Waals surface area contributed by atoms with E-state index in [1.165, 1.54) is 29.8 Å². The summed E-state index contributed by atoms with van der Waals surface area (Å²) in [6, 6.07) is 26.1. The second kappa shape index (κ2) is 20.0. The monoisotopic (exact) mass is 913 g/mol. The van der Waals surface area contributed by atoms with Gasteiger partial charge in [0, 0.05) is 80.4 Å². The second-order valence-electron chi connectivity index (χ2n) is 16.1. The molecule has 10 rings (SSSR count). The number of nitrogens with one attached hydrogen (secondary N) is 1. The number of halogens is 2. The molecule has 0 radical (unpaired) electrons. The second-order valence-corrected chi connectivity index (χ2v) is 17.4. The van der Waals surface area contributed by atoms with E-state index >= 15 is 0 Å². The molecule has 4 aromatic carbocycles. The predicted molar refractivity (Wildman–Crippen MR) is 251 cm³/mol. The molecule has 1 saturated heterocycles. The van der Waals surface area contributed by atoms with E-state index in [0.717, 1.165) is 88.7 Å². The van der Waals surface area contributed by atoms with Crippen LogP contribution in [0.15, 0.2) is 97.5 Å². The number of rotatable bonds is 11. The van der Waals surface area contributed by atoms with Gasteiger partial charge in [0.25, 0.3) is 0 Å². The lowest BCUT2D eigenvalue weighted by Crippen LogP contribution is -2.46. The standard InChI is InChI=1S/C50H49ClFN7O5S/c1-4-62-50(60)42-26-35-25-32(9-16-40(35)63-29-37-17-18-54-47(57-37)39-7-5-6-8-41(39)61-3)27-59(24-23-58-21-19-53-20-22-58)28-34-12-15-38(31(2)45(34)51)43-44-48(64-42)55-30-56-49(44)65-46(43)33-10-13-36(52)14-11-33/h5-18,25,30,42,53H,4,19-24,26-29H2,1-3H3/t42-/m1/s1. The van der Waals surface area contributed by atoms with Gasteiger partial charge in [-0.2, -0.15) is 0 Å². The molecule has 0 unspecified atom stereocenters. The van der Waals surface area contributed by atoms with Crippen molar-refractivity contribution in [1.82, 2.24) is 35.1 Å². The van der Waals surface area contributed by atoms with Gasteiger partial charge in [-0.1, -0.05) is 60.1 Å². The van der Waals surface area contributed by atoms with Crippen molar-refractivity contribution < 1.29 is 28.1 Å². The summed E-state index contributed by atoms with van der Waals surface area (Å²) in [6.45, 7) is 10.8. The zero-order valence-corrected chi connectivity index (χ0v) is 38.1. The molecule has 1 fully saturated rings. The van der Waals surface area contributed by atoms with Crippen LogP contribution in [0.3, 0.4) is 0 Å². The molecular formula is C50H49ClFN7O5S. The zero-order chi connectivity index (χ0) is 44.9. The Bertz CT molecular complexity index is 2820. The van der Waals surface area contributed by atoms with Gasteiger partial charge in [-0.3, -0.25) is 9.80 Å². The Morgan fingerprint density at radius 3 is 2.55 bits per heavy atom. The number of carbonyl (C=O) groups excluding carboxylic acids is 1. The molecule has 1 atom stereocenters. The molecule has 3 aliphatic heterocycles. The fourth-order valence-electron chi connectivity index (χ4n) is 8.48. The molecule has 0 spiro atoms. The highest BCUT2D eigenvalue weighted by molar-refractivity contribution is 7.22. The van der Waals surface area contributed by atoms with E-state index in [4.69, 9.17) is 40.5 Å². The summed E-state index contributed by atoms with van der Waals surface area (Å²) in [5.74, 6) is 1.06. The first kappa shape index (κ1) is 44.2. The molecule has 0 amide bonds. The first-order chi connectivity index (χ1) is 31.8. The fourth-order valence-corrected chi connectivity index (χ4v) is 9.86. The van der Waals surface area contributed by atoms with Crippen molar-refractivity contribution in [3.63, 3.8) is 0 Å². The van der Waals surface area contributed by atoms with Crippen molar-refractivity contribution in [2.45, 2.75) is 46.1 Å². The number of para-hydroxylation sites is 1. The fraction of sp³-hybridized carbons (Fsp3) is 0.300. The van der Waals surface area contributed by atoms with E-state index in [2.05, 4.69) is 49.4 Å². The van der Waals surface area contributed by atoms with Crippen molar-refractivity contribution in [2.75, 3.05) is 53.0 Å². The first-order valence-electron chi connectivity index (χ1n) is 21.8. The first-order valence-corrected chi connectivity index (χ1v) is 23.0. The highest BCUT2D eigenvalue weighted by atomic mass is 35.5. The van der Waals surface area contributed by atoms with Crippen molar-refractivity contribution in [2.24, 2.45) is 0 Å². The van der Waals surface area contributed by atoms with Crippen molar-refractivity contribution in [3.8, 4) is 50.3 Å². The number of thiophene rings is 1. The Labute approximate surface area is 386 Å². The summed E-state index contributed by atoms with van der Waals surface area (Å²) in [5.41, 5.74) is 7.50. The summed E-state index contributed by atoms with van der Waals surface area (Å²) in [5, 5.41) is 4.72. The number of hydrogen-bond donors (Lipinski definition) is 1. The van der Waals surface area contributed by atoms with Gasteiger partial charge < -0.3 is 24.3 Å². The van der Waals surface area contributed by atoms with Gasteiger partial charge in [-0.15, -0.1) is 11.3 Å². The van der Waals surface area contributed by atoms with Gasteiger partial charge in [-0.25, -0.2) is 29.1 Å². The molecule has 7 aromatic rings. The van der Waals surface area contributed by atoms with Crippen LogP contribution in [0.2, 0.25) is 5.02 Å². The smallest absolute Gasteiger partial charge is 0.347 e. The Balaban J connectivity index is 1.16. The molecule has 15 heteroatoms. The number of carbonyl (C=O) groups is 1. The summed E-state index contributed by atoms with van der Waals surface area (Å²) < 4.78 is 39.0. The van der Waals surface area contributed by atoms with E-state index < -0.39 is 12.1 Å². The Morgan fingerprint density at radius 1 is 0.923 bits per heavy atom. The van der Waals surface area contributed by atoms with Crippen molar-refractivity contribution in [1.29, 1.82) is 0 Å². The molecule has 6 heterocycles. The zero-order valence-electron chi connectivity index (χ0n) is 36.5. The maximum atomic E-state index is 14.3. The molecule has 3 aromatic heterocycles. The molecule has 0 saturated carbocycles. The number of methoxy groups -OCH3 is 1. The van der Waals surface area contributed by atoms with E-state index in [1.807, 2.05) is 43.3 Å².